The number of aromatic nitrogens is 2. The van der Waals surface area contributed by atoms with Crippen molar-refractivity contribution in [3.8, 4) is 0 Å². The number of hydrogen-bond acceptors (Lipinski definition) is 5. The van der Waals surface area contributed by atoms with Crippen molar-refractivity contribution in [3.63, 3.8) is 0 Å². The third-order valence-electron chi connectivity index (χ3n) is 3.29. The van der Waals surface area contributed by atoms with Gasteiger partial charge in [0.1, 0.15) is 15.6 Å². The van der Waals surface area contributed by atoms with Crippen LogP contribution in [0.1, 0.15) is 0 Å². The van der Waals surface area contributed by atoms with Gasteiger partial charge in [-0.2, -0.15) is 0 Å². The van der Waals surface area contributed by atoms with Crippen LogP contribution in [-0.4, -0.2) is 24.1 Å². The first kappa shape index (κ1) is 16.0. The summed E-state index contributed by atoms with van der Waals surface area (Å²) in [5.41, 5.74) is 0.375. The average Bonchev–Trinajstić information content (AvgIpc) is 2.54. The Labute approximate surface area is 142 Å². The highest BCUT2D eigenvalue weighted by molar-refractivity contribution is 7.99. The normalized spacial score (nSPS) is 11.7. The molecule has 0 aliphatic carbocycles. The largest absolute Gasteiger partial charge is 0.285 e. The Morgan fingerprint density at radius 3 is 2.57 bits per heavy atom. The van der Waals surface area contributed by atoms with E-state index >= 15 is 0 Å². The molecule has 0 amide bonds. The fourth-order valence-corrected chi connectivity index (χ4v) is 5.15. The number of fused-ring (bicyclic) bond motifs is 1. The molecule has 118 valence electrons. The Kier molecular flexibility index (Phi) is 4.18. The van der Waals surface area contributed by atoms with Crippen molar-refractivity contribution in [3.05, 3.63) is 59.2 Å². The Hall–Kier alpha value is -1.83. The lowest BCUT2D eigenvalue weighted by Gasteiger charge is -2.12. The maximum atomic E-state index is 13.0. The molecule has 8 heteroatoms. The minimum Gasteiger partial charge on any atom is -0.285 e. The van der Waals surface area contributed by atoms with E-state index in [2.05, 4.69) is 4.98 Å². The van der Waals surface area contributed by atoms with E-state index in [1.165, 1.54) is 28.3 Å². The predicted molar refractivity (Wildman–Crippen MR) is 89.7 cm³/mol. The smallest absolute Gasteiger partial charge is 0.214 e. The molecule has 5 nitrogen and oxygen atoms in total. The van der Waals surface area contributed by atoms with Crippen LogP contribution in [0.3, 0.4) is 0 Å². The topological polar surface area (TPSA) is 75.3 Å². The standard InChI is InChI=1S/C15H12ClN3O2S2/c1-22-15-13(14(17)19-9-5-4-8-12(19)18-15)23(20,21)11-7-3-2-6-10(11)16/h2-9,17H,1H3. The van der Waals surface area contributed by atoms with E-state index < -0.39 is 9.84 Å². The molecule has 3 aromatic rings. The van der Waals surface area contributed by atoms with Gasteiger partial charge in [-0.15, -0.1) is 11.8 Å². The Morgan fingerprint density at radius 1 is 1.17 bits per heavy atom. The van der Waals surface area contributed by atoms with Crippen LogP contribution in [0.15, 0.2) is 63.5 Å². The number of sulfone groups is 1. The fraction of sp³-hybridized carbons (Fsp3) is 0.0667. The fourth-order valence-electron chi connectivity index (χ4n) is 2.23. The molecular weight excluding hydrogens is 354 g/mol. The van der Waals surface area contributed by atoms with Gasteiger partial charge in [0.25, 0.3) is 0 Å². The Balaban J connectivity index is 2.42. The average molecular weight is 366 g/mol. The summed E-state index contributed by atoms with van der Waals surface area (Å²) in [6, 6.07) is 11.4. The minimum atomic E-state index is -3.96. The molecule has 0 saturated heterocycles. The summed E-state index contributed by atoms with van der Waals surface area (Å²) in [7, 11) is -3.96. The SMILES string of the molecule is CSc1nc2ccccn2c(=N)c1S(=O)(=O)c1ccccc1Cl. The second-order valence-corrected chi connectivity index (χ2v) is 7.72. The number of nitrogens with one attached hydrogen (secondary N) is 1. The van der Waals surface area contributed by atoms with Crippen LogP contribution in [0.4, 0.5) is 0 Å². The van der Waals surface area contributed by atoms with E-state index in [1.54, 1.807) is 42.8 Å². The summed E-state index contributed by atoms with van der Waals surface area (Å²) in [5.74, 6) is 0. The maximum absolute atomic E-state index is 13.0. The molecule has 0 unspecified atom stereocenters. The van der Waals surface area contributed by atoms with Gasteiger partial charge >= 0.3 is 0 Å². The zero-order chi connectivity index (χ0) is 16.6. The summed E-state index contributed by atoms with van der Waals surface area (Å²) in [6.07, 6.45) is 3.34. The first-order valence-electron chi connectivity index (χ1n) is 6.56. The van der Waals surface area contributed by atoms with Crippen LogP contribution in [-0.2, 0) is 9.84 Å². The lowest BCUT2D eigenvalue weighted by atomic mass is 10.4. The first-order chi connectivity index (χ1) is 11.0. The highest BCUT2D eigenvalue weighted by Gasteiger charge is 2.27. The number of halogens is 1. The van der Waals surface area contributed by atoms with Crippen LogP contribution in [0.25, 0.3) is 5.65 Å². The predicted octanol–water partition coefficient (Wildman–Crippen LogP) is 3.02. The van der Waals surface area contributed by atoms with Gasteiger partial charge in [0.05, 0.1) is 9.92 Å². The zero-order valence-electron chi connectivity index (χ0n) is 12.0. The number of thioether (sulfide) groups is 1. The van der Waals surface area contributed by atoms with E-state index in [0.717, 1.165) is 0 Å². The number of nitrogens with zero attached hydrogens (tertiary/aromatic N) is 2. The summed E-state index contributed by atoms with van der Waals surface area (Å²) >= 11 is 7.24. The monoisotopic (exact) mass is 365 g/mol. The maximum Gasteiger partial charge on any atom is 0.214 e. The Bertz CT molecular complexity index is 1060. The number of rotatable bonds is 3. The van der Waals surface area contributed by atoms with Crippen LogP contribution in [0.2, 0.25) is 5.02 Å². The summed E-state index contributed by atoms with van der Waals surface area (Å²) < 4.78 is 27.5. The number of pyridine rings is 1. The summed E-state index contributed by atoms with van der Waals surface area (Å²) in [5, 5.41) is 8.75. The molecule has 23 heavy (non-hydrogen) atoms. The second-order valence-electron chi connectivity index (χ2n) is 4.66. The molecule has 1 N–H and O–H groups in total. The molecule has 2 heterocycles. The van der Waals surface area contributed by atoms with Gasteiger partial charge in [0, 0.05) is 6.20 Å². The van der Waals surface area contributed by atoms with Gasteiger partial charge in [-0.05, 0) is 30.5 Å². The van der Waals surface area contributed by atoms with E-state index in [0.29, 0.717) is 5.65 Å². The van der Waals surface area contributed by atoms with E-state index in [9.17, 15) is 8.42 Å². The van der Waals surface area contributed by atoms with Gasteiger partial charge in [-0.3, -0.25) is 9.81 Å². The van der Waals surface area contributed by atoms with Crippen LogP contribution in [0, 0.1) is 5.41 Å². The highest BCUT2D eigenvalue weighted by Crippen LogP contribution is 2.30. The summed E-state index contributed by atoms with van der Waals surface area (Å²) in [6.45, 7) is 0. The molecule has 0 bridgehead atoms. The van der Waals surface area contributed by atoms with Gasteiger partial charge in [-0.25, -0.2) is 13.4 Å². The number of hydrogen-bond donors (Lipinski definition) is 1. The quantitative estimate of drug-likeness (QED) is 0.571. The molecule has 0 saturated carbocycles. The molecular formula is C15H12ClN3O2S2. The van der Waals surface area contributed by atoms with Gasteiger partial charge in [0.15, 0.2) is 5.49 Å². The van der Waals surface area contributed by atoms with Crippen LogP contribution in [0.5, 0.6) is 0 Å². The molecule has 0 aliphatic rings. The molecule has 0 radical (unpaired) electrons. The molecule has 0 spiro atoms. The van der Waals surface area contributed by atoms with Crippen LogP contribution < -0.4 is 5.49 Å². The molecule has 0 fully saturated rings. The molecule has 3 rings (SSSR count). The van der Waals surface area contributed by atoms with E-state index in [4.69, 9.17) is 17.0 Å². The first-order valence-corrected chi connectivity index (χ1v) is 9.65. The van der Waals surface area contributed by atoms with Crippen molar-refractivity contribution in [1.82, 2.24) is 9.38 Å². The van der Waals surface area contributed by atoms with Crippen molar-refractivity contribution >= 4 is 38.8 Å². The van der Waals surface area contributed by atoms with E-state index in [-0.39, 0.29) is 25.3 Å². The second kappa shape index (κ2) is 5.99. The van der Waals surface area contributed by atoms with Crippen molar-refractivity contribution in [2.75, 3.05) is 6.26 Å². The molecule has 0 atom stereocenters. The third-order valence-corrected chi connectivity index (χ3v) is 6.41. The van der Waals surface area contributed by atoms with E-state index in [1.807, 2.05) is 0 Å². The van der Waals surface area contributed by atoms with Gasteiger partial charge in [0.2, 0.25) is 9.84 Å². The lowest BCUT2D eigenvalue weighted by molar-refractivity contribution is 0.589. The van der Waals surface area contributed by atoms with Gasteiger partial charge in [-0.1, -0.05) is 29.8 Å². The van der Waals surface area contributed by atoms with Crippen molar-refractivity contribution in [2.24, 2.45) is 0 Å². The van der Waals surface area contributed by atoms with Gasteiger partial charge < -0.3 is 0 Å². The minimum absolute atomic E-state index is 0.0249. The number of benzene rings is 1. The molecule has 1 aromatic carbocycles. The molecule has 0 aliphatic heterocycles. The summed E-state index contributed by atoms with van der Waals surface area (Å²) in [4.78, 5) is 4.20. The molecule has 2 aromatic heterocycles. The lowest BCUT2D eigenvalue weighted by Crippen LogP contribution is -2.24. The highest BCUT2D eigenvalue weighted by atomic mass is 35.5. The zero-order valence-corrected chi connectivity index (χ0v) is 14.4. The third kappa shape index (κ3) is 2.65. The van der Waals surface area contributed by atoms with Crippen molar-refractivity contribution in [2.45, 2.75) is 14.8 Å². The Morgan fingerprint density at radius 2 is 1.87 bits per heavy atom. The van der Waals surface area contributed by atoms with Crippen molar-refractivity contribution < 1.29 is 8.42 Å². The van der Waals surface area contributed by atoms with Crippen molar-refractivity contribution in [1.29, 1.82) is 5.41 Å². The van der Waals surface area contributed by atoms with Crippen LogP contribution >= 0.6 is 23.4 Å².